The summed E-state index contributed by atoms with van der Waals surface area (Å²) in [5, 5.41) is 0.697. The van der Waals surface area contributed by atoms with E-state index in [9.17, 15) is 9.18 Å². The van der Waals surface area contributed by atoms with Crippen molar-refractivity contribution >= 4 is 35.1 Å². The van der Waals surface area contributed by atoms with Crippen molar-refractivity contribution in [3.63, 3.8) is 0 Å². The maximum absolute atomic E-state index is 13.5. The number of rotatable bonds is 3. The quantitative estimate of drug-likeness (QED) is 0.589. The summed E-state index contributed by atoms with van der Waals surface area (Å²) in [6.45, 7) is 0.659. The van der Waals surface area contributed by atoms with Gasteiger partial charge < -0.3 is 4.90 Å². The Bertz CT molecular complexity index is 972. The molecule has 2 aromatic carbocycles. The third-order valence-electron chi connectivity index (χ3n) is 4.40. The number of carbonyl (C=O) groups is 1. The van der Waals surface area contributed by atoms with Crippen molar-refractivity contribution in [1.82, 2.24) is 9.55 Å². The number of para-hydroxylation sites is 1. The molecule has 7 heteroatoms. The fourth-order valence-corrected chi connectivity index (χ4v) is 4.68. The van der Waals surface area contributed by atoms with E-state index in [1.165, 1.54) is 23.9 Å². The van der Waals surface area contributed by atoms with E-state index in [0.717, 1.165) is 28.4 Å². The molecule has 0 aliphatic carbocycles. The molecule has 2 heterocycles. The Labute approximate surface area is 165 Å². The molecule has 0 radical (unpaired) electrons. The summed E-state index contributed by atoms with van der Waals surface area (Å²) in [6.07, 6.45) is 4.44. The normalized spacial score (nSPS) is 13.9. The minimum absolute atomic E-state index is 0.0953. The highest BCUT2D eigenvalue weighted by molar-refractivity contribution is 7.99. The number of hydrogen-bond acceptors (Lipinski definition) is 4. The van der Waals surface area contributed by atoms with Gasteiger partial charge in [0.05, 0.1) is 11.9 Å². The van der Waals surface area contributed by atoms with Crippen LogP contribution < -0.4 is 4.90 Å². The average molecular weight is 400 g/mol. The maximum atomic E-state index is 13.5. The summed E-state index contributed by atoms with van der Waals surface area (Å²) in [4.78, 5) is 20.8. The van der Waals surface area contributed by atoms with Gasteiger partial charge in [-0.1, -0.05) is 23.9 Å². The van der Waals surface area contributed by atoms with Crippen LogP contribution in [-0.2, 0) is 0 Å². The predicted molar refractivity (Wildman–Crippen MR) is 109 cm³/mol. The van der Waals surface area contributed by atoms with Crippen LogP contribution >= 0.6 is 23.5 Å². The molecule has 3 aromatic rings. The van der Waals surface area contributed by atoms with E-state index in [1.807, 2.05) is 29.4 Å². The minimum Gasteiger partial charge on any atom is -0.306 e. The standard InChI is InChI=1S/C20H18FN3OS2/c1-26-20-22-13-17(24(20)15-9-7-14(21)8-10-15)19(25)23-11-4-12-27-18-6-3-2-5-16(18)23/h2-3,5-10,13H,4,11-12H2,1H3. The van der Waals surface area contributed by atoms with Crippen molar-refractivity contribution in [2.24, 2.45) is 0 Å². The lowest BCUT2D eigenvalue weighted by Crippen LogP contribution is -2.33. The second-order valence-electron chi connectivity index (χ2n) is 6.07. The van der Waals surface area contributed by atoms with E-state index in [1.54, 1.807) is 34.7 Å². The van der Waals surface area contributed by atoms with E-state index < -0.39 is 0 Å². The highest BCUT2D eigenvalue weighted by Crippen LogP contribution is 2.35. The van der Waals surface area contributed by atoms with Crippen LogP contribution in [0.15, 0.2) is 64.8 Å². The summed E-state index contributed by atoms with van der Waals surface area (Å²) in [7, 11) is 0. The summed E-state index contributed by atoms with van der Waals surface area (Å²) in [5.74, 6) is 0.576. The minimum atomic E-state index is -0.309. The van der Waals surface area contributed by atoms with E-state index in [4.69, 9.17) is 0 Å². The largest absolute Gasteiger partial charge is 0.306 e. The number of anilines is 1. The Morgan fingerprint density at radius 3 is 2.74 bits per heavy atom. The highest BCUT2D eigenvalue weighted by atomic mass is 32.2. The van der Waals surface area contributed by atoms with Crippen molar-refractivity contribution < 1.29 is 9.18 Å². The van der Waals surface area contributed by atoms with Crippen molar-refractivity contribution in [2.75, 3.05) is 23.5 Å². The first-order chi connectivity index (χ1) is 13.2. The molecule has 0 atom stereocenters. The molecule has 0 bridgehead atoms. The number of imidazole rings is 1. The van der Waals surface area contributed by atoms with Gasteiger partial charge >= 0.3 is 0 Å². The van der Waals surface area contributed by atoms with Gasteiger partial charge in [-0.2, -0.15) is 0 Å². The first-order valence-electron chi connectivity index (χ1n) is 8.60. The average Bonchev–Trinajstić information content (AvgIpc) is 3.01. The van der Waals surface area contributed by atoms with Gasteiger partial charge in [-0.05, 0) is 54.8 Å². The van der Waals surface area contributed by atoms with Gasteiger partial charge in [0, 0.05) is 17.1 Å². The van der Waals surface area contributed by atoms with E-state index in [0.29, 0.717) is 17.4 Å². The third-order valence-corrected chi connectivity index (χ3v) is 6.20. The lowest BCUT2D eigenvalue weighted by molar-refractivity contribution is 0.0979. The summed E-state index contributed by atoms with van der Waals surface area (Å²) < 4.78 is 15.2. The van der Waals surface area contributed by atoms with Crippen LogP contribution in [0.4, 0.5) is 10.1 Å². The molecule has 0 N–H and O–H groups in total. The van der Waals surface area contributed by atoms with Crippen molar-refractivity contribution in [3.8, 4) is 5.69 Å². The number of thioether (sulfide) groups is 2. The molecular weight excluding hydrogens is 381 g/mol. The molecule has 27 heavy (non-hydrogen) atoms. The zero-order valence-electron chi connectivity index (χ0n) is 14.8. The fourth-order valence-electron chi connectivity index (χ4n) is 3.15. The number of benzene rings is 2. The van der Waals surface area contributed by atoms with Crippen LogP contribution in [-0.4, -0.2) is 34.0 Å². The lowest BCUT2D eigenvalue weighted by Gasteiger charge is -2.23. The van der Waals surface area contributed by atoms with Crippen molar-refractivity contribution in [2.45, 2.75) is 16.5 Å². The number of nitrogens with zero attached hydrogens (tertiary/aromatic N) is 3. The SMILES string of the molecule is CSc1ncc(C(=O)N2CCCSc3ccccc32)n1-c1ccc(F)cc1. The van der Waals surface area contributed by atoms with E-state index >= 15 is 0 Å². The molecule has 1 amide bonds. The summed E-state index contributed by atoms with van der Waals surface area (Å²) >= 11 is 3.23. The molecule has 0 saturated carbocycles. The molecular formula is C20H18FN3OS2. The molecule has 138 valence electrons. The smallest absolute Gasteiger partial charge is 0.276 e. The number of amides is 1. The first-order valence-corrected chi connectivity index (χ1v) is 10.8. The van der Waals surface area contributed by atoms with Crippen LogP contribution in [0.2, 0.25) is 0 Å². The van der Waals surface area contributed by atoms with Gasteiger partial charge in [-0.15, -0.1) is 11.8 Å². The molecule has 1 aliphatic heterocycles. The van der Waals surface area contributed by atoms with Gasteiger partial charge in [-0.3, -0.25) is 9.36 Å². The van der Waals surface area contributed by atoms with E-state index in [-0.39, 0.29) is 11.7 Å². The zero-order valence-corrected chi connectivity index (χ0v) is 16.4. The molecule has 4 nitrogen and oxygen atoms in total. The molecule has 0 unspecified atom stereocenters. The first kappa shape index (κ1) is 18.1. The number of halogens is 1. The van der Waals surface area contributed by atoms with Crippen molar-refractivity contribution in [3.05, 3.63) is 66.2 Å². The van der Waals surface area contributed by atoms with Gasteiger partial charge in [0.1, 0.15) is 11.5 Å². The van der Waals surface area contributed by atoms with Crippen LogP contribution in [0.5, 0.6) is 0 Å². The highest BCUT2D eigenvalue weighted by Gasteiger charge is 2.26. The Kier molecular flexibility index (Phi) is 5.22. The third kappa shape index (κ3) is 3.49. The number of aromatic nitrogens is 2. The lowest BCUT2D eigenvalue weighted by atomic mass is 10.2. The second kappa shape index (κ2) is 7.78. The molecule has 4 rings (SSSR count). The monoisotopic (exact) mass is 399 g/mol. The molecule has 0 fully saturated rings. The maximum Gasteiger partial charge on any atom is 0.276 e. The zero-order chi connectivity index (χ0) is 18.8. The Hall–Kier alpha value is -2.25. The molecule has 0 spiro atoms. The Balaban J connectivity index is 1.79. The Morgan fingerprint density at radius 2 is 1.96 bits per heavy atom. The molecule has 1 aromatic heterocycles. The van der Waals surface area contributed by atoms with Crippen LogP contribution in [0.25, 0.3) is 5.69 Å². The topological polar surface area (TPSA) is 38.1 Å². The Morgan fingerprint density at radius 1 is 1.19 bits per heavy atom. The van der Waals surface area contributed by atoms with Crippen molar-refractivity contribution in [1.29, 1.82) is 0 Å². The van der Waals surface area contributed by atoms with Crippen LogP contribution in [0.1, 0.15) is 16.9 Å². The second-order valence-corrected chi connectivity index (χ2v) is 7.98. The van der Waals surface area contributed by atoms with E-state index in [2.05, 4.69) is 11.1 Å². The van der Waals surface area contributed by atoms with Crippen LogP contribution in [0, 0.1) is 5.82 Å². The predicted octanol–water partition coefficient (Wildman–Crippen LogP) is 4.88. The molecule has 1 aliphatic rings. The summed E-state index contributed by atoms with van der Waals surface area (Å²) in [6, 6.07) is 14.1. The van der Waals surface area contributed by atoms with Gasteiger partial charge in [0.15, 0.2) is 5.16 Å². The van der Waals surface area contributed by atoms with Gasteiger partial charge in [-0.25, -0.2) is 9.37 Å². The van der Waals surface area contributed by atoms with Crippen LogP contribution in [0.3, 0.4) is 0 Å². The fraction of sp³-hybridized carbons (Fsp3) is 0.200. The summed E-state index contributed by atoms with van der Waals surface area (Å²) in [5.41, 5.74) is 2.13. The number of carbonyl (C=O) groups excluding carboxylic acids is 1. The molecule has 0 saturated heterocycles. The number of fused-ring (bicyclic) bond motifs is 1. The van der Waals surface area contributed by atoms with Gasteiger partial charge in [0.2, 0.25) is 0 Å². The number of hydrogen-bond donors (Lipinski definition) is 0. The van der Waals surface area contributed by atoms with Gasteiger partial charge in [0.25, 0.3) is 5.91 Å².